The molecule has 92 heavy (non-hydrogen) atoms. The van der Waals surface area contributed by atoms with Crippen LogP contribution < -0.4 is 58.3 Å². The summed E-state index contributed by atoms with van der Waals surface area (Å²) in [5.41, 5.74) is -4.44. The van der Waals surface area contributed by atoms with Gasteiger partial charge in [-0.2, -0.15) is 0 Å². The van der Waals surface area contributed by atoms with Crippen LogP contribution >= 0.6 is 37.2 Å². The summed E-state index contributed by atoms with van der Waals surface area (Å²) in [6.07, 6.45) is 9.85. The number of halogens is 3. The minimum atomic E-state index is -2.18. The molecule has 4 aliphatic heterocycles. The van der Waals surface area contributed by atoms with Crippen LogP contribution in [0, 0.1) is 0 Å². The first-order chi connectivity index (χ1) is 41.7. The molecule has 0 aromatic carbocycles. The van der Waals surface area contributed by atoms with Crippen molar-refractivity contribution in [3.05, 3.63) is 168 Å². The summed E-state index contributed by atoms with van der Waals surface area (Å²) in [5.74, 6) is 0.921. The third kappa shape index (κ3) is 25.7. The molecule has 8 heterocycles. The molecule has 0 amide bonds. The number of aliphatic hydroxyl groups is 6. The van der Waals surface area contributed by atoms with Gasteiger partial charge in [0.05, 0.1) is 44.2 Å². The number of aromatic nitrogens is 8. The molecule has 8 rings (SSSR count). The maximum Gasteiger partial charge on any atom is 0.331 e. The molecule has 0 unspecified atom stereocenters. The molecule has 33 heteroatoms. The van der Waals surface area contributed by atoms with Crippen molar-refractivity contribution in [2.75, 3.05) is 26.4 Å². The maximum absolute atomic E-state index is 12.6. The predicted molar refractivity (Wildman–Crippen MR) is 368 cm³/mol. The summed E-state index contributed by atoms with van der Waals surface area (Å²) in [5, 5.41) is 57.2. The summed E-state index contributed by atoms with van der Waals surface area (Å²) in [4.78, 5) is 101. The van der Waals surface area contributed by atoms with Gasteiger partial charge in [0.1, 0.15) is 30.3 Å². The summed E-state index contributed by atoms with van der Waals surface area (Å²) >= 11 is 5.30. The Bertz CT molecular complexity index is 3380. The Morgan fingerprint density at radius 1 is 0.554 bits per heavy atom. The molecule has 2 saturated heterocycles. The molecule has 28 nitrogen and oxygen atoms in total. The second-order valence-electron chi connectivity index (χ2n) is 24.2. The van der Waals surface area contributed by atoms with Crippen LogP contribution in [0.25, 0.3) is 0 Å². The van der Waals surface area contributed by atoms with Crippen LogP contribution in [0.2, 0.25) is 36.3 Å². The summed E-state index contributed by atoms with van der Waals surface area (Å²) in [6.45, 7) is 21.4. The van der Waals surface area contributed by atoms with E-state index in [4.69, 9.17) is 43.1 Å². The van der Waals surface area contributed by atoms with Crippen molar-refractivity contribution in [1.82, 2.24) is 38.2 Å². The van der Waals surface area contributed by atoms with Gasteiger partial charge in [0.25, 0.3) is 22.2 Å². The van der Waals surface area contributed by atoms with E-state index in [-0.39, 0.29) is 52.2 Å². The van der Waals surface area contributed by atoms with E-state index in [1.807, 2.05) is 18.2 Å². The van der Waals surface area contributed by atoms with Crippen LogP contribution in [0.5, 0.6) is 0 Å². The zero-order valence-corrected chi connectivity index (χ0v) is 60.0. The smallest absolute Gasteiger partial charge is 0.331 e. The number of rotatable bonds is 12. The van der Waals surface area contributed by atoms with Gasteiger partial charge in [-0.3, -0.25) is 57.4 Å². The van der Waals surface area contributed by atoms with Gasteiger partial charge in [0.15, 0.2) is 29.1 Å². The van der Waals surface area contributed by atoms with Crippen molar-refractivity contribution in [2.24, 2.45) is 0 Å². The van der Waals surface area contributed by atoms with Crippen LogP contribution in [0.15, 0.2) is 123 Å². The van der Waals surface area contributed by atoms with Crippen molar-refractivity contribution >= 4 is 53.9 Å². The molecule has 0 aliphatic carbocycles. The molecule has 0 saturated carbocycles. The zero-order chi connectivity index (χ0) is 66.6. The van der Waals surface area contributed by atoms with Gasteiger partial charge < -0.3 is 58.4 Å². The standard InChI is InChI=1S/C23H40N2O5Si2.2C11H16N2O5.C11H14N2O5.3CH4.I3/c1-22(2,3)31(7,8)28-16-17-12-11-13-18(30-32(9,10)23(4,5)6)20(29-17)25-15-14-19(26)24-21(25)27;3*14-6-7-2-1-3-8(15)10(18-7)13-5-4-9(16)12-11(13)17;;;;1-3-2/h11-15,18,20H,16H2,1-10H3,(H,24,26,27);2*4-5,7-8,10,14-15H,1-3,6H2,(H,12,16,17);2,4-5,8,10,14-15H,1,3,6H2,(H,12,16,17);3*1H4;/q;;;;;;;-1/t18-,20-;7-,8+,10+;7-,8-,10-;8-,10-;;;;/m1011..../s1. The number of aliphatic hydroxyl groups excluding tert-OH is 6. The van der Waals surface area contributed by atoms with Crippen molar-refractivity contribution < 1.29 is 71.7 Å². The Kier molecular flexibility index (Phi) is 37.0. The molecule has 4 aromatic rings. The zero-order valence-electron chi connectivity index (χ0n) is 51.5. The summed E-state index contributed by atoms with van der Waals surface area (Å²) in [6, 6.07) is 4.87. The summed E-state index contributed by atoms with van der Waals surface area (Å²) in [7, 11) is -4.17. The van der Waals surface area contributed by atoms with E-state index in [9.17, 15) is 53.7 Å². The van der Waals surface area contributed by atoms with Crippen LogP contribution in [0.4, 0.5) is 0 Å². The van der Waals surface area contributed by atoms with E-state index in [1.165, 1.54) is 53.6 Å². The maximum atomic E-state index is 12.6. The molecule has 524 valence electrons. The minimum absolute atomic E-state index is 0. The fourth-order valence-corrected chi connectivity index (χ4v) is 10.7. The second kappa shape index (κ2) is 39.7. The third-order valence-electron chi connectivity index (χ3n) is 15.6. The fraction of sp³-hybridized carbons (Fsp3) is 0.627. The molecule has 0 bridgehead atoms. The first-order valence-corrected chi connectivity index (χ1v) is 47.1. The number of ether oxygens (including phenoxy) is 4. The van der Waals surface area contributed by atoms with Gasteiger partial charge in [0.2, 0.25) is 12.5 Å². The molecule has 4 aromatic heterocycles. The van der Waals surface area contributed by atoms with Gasteiger partial charge >= 0.3 is 73.2 Å². The predicted octanol–water partition coefficient (Wildman–Crippen LogP) is 2.60. The molecular formula is C59H98I3N8O20Si2-. The van der Waals surface area contributed by atoms with E-state index in [0.29, 0.717) is 82.7 Å². The van der Waals surface area contributed by atoms with Crippen LogP contribution in [0.1, 0.15) is 140 Å². The van der Waals surface area contributed by atoms with E-state index in [2.05, 4.69) is 125 Å². The number of nitrogens with one attached hydrogen (secondary N) is 4. The minimum Gasteiger partial charge on any atom is -0.469 e. The van der Waals surface area contributed by atoms with Crippen molar-refractivity contribution in [2.45, 2.75) is 213 Å². The Hall–Kier alpha value is -4.24. The monoisotopic (exact) mass is 1680 g/mol. The van der Waals surface area contributed by atoms with Gasteiger partial charge in [-0.15, -0.1) is 0 Å². The number of hydrogen-bond donors (Lipinski definition) is 10. The molecule has 2 fully saturated rings. The van der Waals surface area contributed by atoms with Crippen LogP contribution in [-0.4, -0.2) is 149 Å². The molecule has 0 radical (unpaired) electrons. The Morgan fingerprint density at radius 2 is 0.913 bits per heavy atom. The van der Waals surface area contributed by atoms with Gasteiger partial charge in [-0.1, -0.05) is 76.0 Å². The largest absolute Gasteiger partial charge is 0.469 e. The number of allylic oxidation sites excluding steroid dienone is 3. The first-order valence-electron chi connectivity index (χ1n) is 28.7. The third-order valence-corrected chi connectivity index (χ3v) is 24.6. The van der Waals surface area contributed by atoms with E-state index < -0.39 is 123 Å². The van der Waals surface area contributed by atoms with Crippen molar-refractivity contribution in [1.29, 1.82) is 0 Å². The van der Waals surface area contributed by atoms with Crippen LogP contribution in [-0.2, 0) is 27.8 Å². The van der Waals surface area contributed by atoms with E-state index in [0.717, 1.165) is 13.7 Å². The van der Waals surface area contributed by atoms with E-state index >= 15 is 0 Å². The average molecular weight is 1680 g/mol. The van der Waals surface area contributed by atoms with Crippen molar-refractivity contribution in [3.8, 4) is 0 Å². The quantitative estimate of drug-likeness (QED) is 0.0720. The Balaban J connectivity index is 0.000000618. The van der Waals surface area contributed by atoms with Gasteiger partial charge in [-0.05, 0) is 99.8 Å². The van der Waals surface area contributed by atoms with E-state index in [1.54, 1.807) is 6.08 Å². The average Bonchev–Trinajstić information content (AvgIpc) is 1.34. The Labute approximate surface area is 567 Å². The second-order valence-corrected chi connectivity index (χ2v) is 50.0. The topological polar surface area (TPSA) is 396 Å². The number of H-pyrrole nitrogens is 4. The molecule has 0 spiro atoms. The molecular weight excluding hydrogens is 1580 g/mol. The Morgan fingerprint density at radius 3 is 1.27 bits per heavy atom. The van der Waals surface area contributed by atoms with Gasteiger partial charge in [-0.25, -0.2) is 19.2 Å². The fourth-order valence-electron chi connectivity index (χ4n) is 8.58. The normalized spacial score (nSPS) is 23.4. The molecule has 10 N–H and O–H groups in total. The first kappa shape index (κ1) is 85.8. The SMILES string of the molecule is C.C.C.CC(C)(C)[Si](C)(C)OCC1=CC=C[C@@H](O[Si](C)(C)C(C)(C)C)[C@H](n2ccc(=O)[nH]c2=O)O1.I[I-]I.O=c1ccn([C@@H]2OC(CO)=CCC[C@H]2O)c(=O)[nH]1.O=c1ccn([C@@H]2O[C@@H](CO)CCC[C@H]2O)c(=O)[nH]1.O=c1ccn([C@@H]2O[C@H](CO)CCC[C@H]2O)c(=O)[nH]1. The van der Waals surface area contributed by atoms with Crippen LogP contribution in [0.3, 0.4) is 0 Å². The number of aromatic amines is 4. The molecule has 4 aliphatic rings. The number of nitrogens with zero attached hydrogens (tertiary/aromatic N) is 4. The van der Waals surface area contributed by atoms with Gasteiger partial charge in [0, 0.05) is 49.1 Å². The molecule has 10 atom stereocenters. The number of hydrogen-bond acceptors (Lipinski definition) is 20. The van der Waals surface area contributed by atoms with Crippen molar-refractivity contribution in [3.63, 3.8) is 0 Å². The summed E-state index contributed by atoms with van der Waals surface area (Å²) < 4.78 is 40.5.